The molecule has 0 spiro atoms. The van der Waals surface area contributed by atoms with E-state index in [4.69, 9.17) is 37.7 Å². The predicted octanol–water partition coefficient (Wildman–Crippen LogP) is 4.08. The summed E-state index contributed by atoms with van der Waals surface area (Å²) in [6, 6.07) is 9.51. The van der Waals surface area contributed by atoms with Crippen LogP contribution in [0.1, 0.15) is 11.7 Å². The van der Waals surface area contributed by atoms with Crippen molar-refractivity contribution in [2.75, 3.05) is 0 Å². The third-order valence-corrected chi connectivity index (χ3v) is 2.93. The molecule has 0 amide bonds. The maximum Gasteiger partial charge on any atom is 0.494 e. The Kier molecular flexibility index (Phi) is 4.48. The van der Waals surface area contributed by atoms with Crippen LogP contribution in [0.3, 0.4) is 0 Å². The monoisotopic (exact) mass is 266 g/mol. The first-order valence-electron chi connectivity index (χ1n) is 3.95. The van der Waals surface area contributed by atoms with Crippen molar-refractivity contribution in [3.8, 4) is 0 Å². The van der Waals surface area contributed by atoms with Gasteiger partial charge in [-0.3, -0.25) is 0 Å². The normalized spacial score (nSPS) is 13.6. The highest BCUT2D eigenvalue weighted by Crippen LogP contribution is 2.30. The van der Waals surface area contributed by atoms with E-state index < -0.39 is 6.25 Å². The zero-order valence-corrected chi connectivity index (χ0v) is 10.6. The highest BCUT2D eigenvalue weighted by molar-refractivity contribution is 7.62. The van der Waals surface area contributed by atoms with Crippen molar-refractivity contribution in [1.82, 2.24) is 0 Å². The summed E-state index contributed by atoms with van der Waals surface area (Å²) in [6.07, 6.45) is -1.81. The molecule has 0 heterocycles. The van der Waals surface area contributed by atoms with Crippen LogP contribution in [0.4, 0.5) is 0 Å². The van der Waals surface area contributed by atoms with Crippen molar-refractivity contribution in [2.24, 2.45) is 0 Å². The molecule has 76 valence electrons. The molecule has 1 aromatic carbocycles. The summed E-state index contributed by atoms with van der Waals surface area (Å²) in [7, 11) is 0. The zero-order chi connectivity index (χ0) is 10.6. The van der Waals surface area contributed by atoms with Gasteiger partial charge >= 0.3 is 6.25 Å². The standard InChI is InChI=1S/C9H9Cl3OSi/c1-2-9(13-14(10,11)12)8-6-4-3-5-7-8/h2-7,9H,1H2. The van der Waals surface area contributed by atoms with Crippen LogP contribution in [0.5, 0.6) is 0 Å². The van der Waals surface area contributed by atoms with Crippen molar-refractivity contribution in [3.63, 3.8) is 0 Å². The highest BCUT2D eigenvalue weighted by atomic mass is 35.8. The fraction of sp³-hybridized carbons (Fsp3) is 0.111. The summed E-state index contributed by atoms with van der Waals surface area (Å²) in [4.78, 5) is 0. The topological polar surface area (TPSA) is 9.23 Å². The number of hydrogen-bond acceptors (Lipinski definition) is 1. The van der Waals surface area contributed by atoms with Gasteiger partial charge < -0.3 is 4.43 Å². The summed E-state index contributed by atoms with van der Waals surface area (Å²) in [6.45, 7) is 3.64. The summed E-state index contributed by atoms with van der Waals surface area (Å²) in [5.74, 6) is 0. The lowest BCUT2D eigenvalue weighted by molar-refractivity contribution is 0.270. The molecule has 1 nitrogen and oxygen atoms in total. The van der Waals surface area contributed by atoms with Gasteiger partial charge in [0.1, 0.15) is 0 Å². The van der Waals surface area contributed by atoms with E-state index in [1.54, 1.807) is 6.08 Å². The van der Waals surface area contributed by atoms with Crippen LogP contribution >= 0.6 is 33.2 Å². The molecule has 0 aliphatic rings. The maximum absolute atomic E-state index is 5.66. The van der Waals surface area contributed by atoms with Gasteiger partial charge in [0.05, 0.1) is 6.10 Å². The Morgan fingerprint density at radius 2 is 1.79 bits per heavy atom. The lowest BCUT2D eigenvalue weighted by atomic mass is 10.1. The van der Waals surface area contributed by atoms with E-state index in [0.717, 1.165) is 5.56 Å². The quantitative estimate of drug-likeness (QED) is 0.454. The highest BCUT2D eigenvalue weighted by Gasteiger charge is 2.31. The second-order valence-corrected chi connectivity index (χ2v) is 10.3. The first kappa shape index (κ1) is 12.1. The molecule has 5 heteroatoms. The van der Waals surface area contributed by atoms with Gasteiger partial charge in [-0.25, -0.2) is 0 Å². The van der Waals surface area contributed by atoms with Crippen LogP contribution in [-0.4, -0.2) is 6.25 Å². The molecule has 0 bridgehead atoms. The van der Waals surface area contributed by atoms with Gasteiger partial charge in [0.25, 0.3) is 0 Å². The molecule has 1 rings (SSSR count). The minimum Gasteiger partial charge on any atom is -0.370 e. The Morgan fingerprint density at radius 1 is 1.21 bits per heavy atom. The van der Waals surface area contributed by atoms with Gasteiger partial charge in [-0.05, 0) is 5.56 Å². The molecule has 14 heavy (non-hydrogen) atoms. The van der Waals surface area contributed by atoms with Gasteiger partial charge in [0.2, 0.25) is 0 Å². The Bertz CT molecular complexity index is 297. The lowest BCUT2D eigenvalue weighted by Gasteiger charge is -2.18. The Labute approximate surface area is 98.5 Å². The third kappa shape index (κ3) is 4.03. The van der Waals surface area contributed by atoms with Crippen LogP contribution < -0.4 is 0 Å². The number of benzene rings is 1. The molecule has 1 aromatic rings. The van der Waals surface area contributed by atoms with Crippen molar-refractivity contribution >= 4 is 39.5 Å². The van der Waals surface area contributed by atoms with Crippen LogP contribution in [-0.2, 0) is 4.43 Å². The van der Waals surface area contributed by atoms with Gasteiger partial charge in [-0.1, -0.05) is 69.6 Å². The molecule has 0 saturated heterocycles. The third-order valence-electron chi connectivity index (χ3n) is 1.60. The minimum atomic E-state index is -3.08. The molecule has 0 radical (unpaired) electrons. The second-order valence-electron chi connectivity index (χ2n) is 2.63. The minimum absolute atomic E-state index is 0.352. The first-order valence-corrected chi connectivity index (χ1v) is 8.89. The lowest BCUT2D eigenvalue weighted by Crippen LogP contribution is -2.19. The maximum atomic E-state index is 5.66. The molecule has 0 aromatic heterocycles. The van der Waals surface area contributed by atoms with Gasteiger partial charge in [-0.2, -0.15) is 0 Å². The summed E-state index contributed by atoms with van der Waals surface area (Å²) in [5.41, 5.74) is 0.932. The van der Waals surface area contributed by atoms with E-state index >= 15 is 0 Å². The van der Waals surface area contributed by atoms with E-state index in [2.05, 4.69) is 6.58 Å². The number of halogens is 3. The fourth-order valence-corrected chi connectivity index (χ4v) is 2.42. The van der Waals surface area contributed by atoms with Gasteiger partial charge in [0, 0.05) is 0 Å². The number of rotatable bonds is 4. The molecule has 1 unspecified atom stereocenters. The fourth-order valence-electron chi connectivity index (χ4n) is 1.04. The van der Waals surface area contributed by atoms with Gasteiger partial charge in [0.15, 0.2) is 0 Å². The molecule has 0 aliphatic heterocycles. The van der Waals surface area contributed by atoms with E-state index in [0.29, 0.717) is 0 Å². The van der Waals surface area contributed by atoms with Crippen molar-refractivity contribution in [1.29, 1.82) is 0 Å². The smallest absolute Gasteiger partial charge is 0.370 e. The zero-order valence-electron chi connectivity index (χ0n) is 7.29. The largest absolute Gasteiger partial charge is 0.494 e. The van der Waals surface area contributed by atoms with E-state index in [9.17, 15) is 0 Å². The average Bonchev–Trinajstić information content (AvgIpc) is 2.14. The summed E-state index contributed by atoms with van der Waals surface area (Å²) < 4.78 is 5.29. The first-order chi connectivity index (χ1) is 6.53. The van der Waals surface area contributed by atoms with Crippen LogP contribution in [0.25, 0.3) is 0 Å². The molecule has 0 saturated carbocycles. The molecular weight excluding hydrogens is 259 g/mol. The molecule has 0 N–H and O–H groups in total. The molecule has 0 aliphatic carbocycles. The van der Waals surface area contributed by atoms with Gasteiger partial charge in [-0.15, -0.1) is 6.58 Å². The van der Waals surface area contributed by atoms with Crippen molar-refractivity contribution < 1.29 is 4.43 Å². The second kappa shape index (κ2) is 5.19. The van der Waals surface area contributed by atoms with E-state index in [1.807, 2.05) is 30.3 Å². The Morgan fingerprint density at radius 3 is 2.21 bits per heavy atom. The van der Waals surface area contributed by atoms with Crippen molar-refractivity contribution in [3.05, 3.63) is 48.6 Å². The van der Waals surface area contributed by atoms with Crippen LogP contribution in [0, 0.1) is 0 Å². The molecular formula is C9H9Cl3OSi. The summed E-state index contributed by atoms with van der Waals surface area (Å²) >= 11 is 17.0. The predicted molar refractivity (Wildman–Crippen MR) is 63.8 cm³/mol. The van der Waals surface area contributed by atoms with Crippen molar-refractivity contribution in [2.45, 2.75) is 6.10 Å². The number of hydrogen-bond donors (Lipinski definition) is 0. The average molecular weight is 268 g/mol. The van der Waals surface area contributed by atoms with Crippen LogP contribution in [0.2, 0.25) is 0 Å². The molecule has 0 fully saturated rings. The molecule has 1 atom stereocenters. The summed E-state index contributed by atoms with van der Waals surface area (Å²) in [5, 5.41) is 0. The van der Waals surface area contributed by atoms with E-state index in [-0.39, 0.29) is 6.10 Å². The Balaban J connectivity index is 2.78. The van der Waals surface area contributed by atoms with E-state index in [1.165, 1.54) is 0 Å². The SMILES string of the molecule is C=CC(O[Si](Cl)(Cl)Cl)c1ccccc1. The Hall–Kier alpha value is 0.00688. The van der Waals surface area contributed by atoms with Crippen LogP contribution in [0.15, 0.2) is 43.0 Å².